The second-order valence-corrected chi connectivity index (χ2v) is 8.83. The molecule has 1 aliphatic rings. The quantitative estimate of drug-likeness (QED) is 0.217. The molecule has 0 spiro atoms. The van der Waals surface area contributed by atoms with Crippen molar-refractivity contribution in [3.05, 3.63) is 101 Å². The highest BCUT2D eigenvalue weighted by molar-refractivity contribution is 7.07. The van der Waals surface area contributed by atoms with Crippen molar-refractivity contribution in [2.45, 2.75) is 26.8 Å². The van der Waals surface area contributed by atoms with Gasteiger partial charge in [-0.05, 0) is 43.2 Å². The first kappa shape index (κ1) is 24.7. The van der Waals surface area contributed by atoms with Crippen molar-refractivity contribution in [2.24, 2.45) is 4.99 Å². The zero-order valence-corrected chi connectivity index (χ0v) is 20.4. The number of allylic oxidation sites excluding steroid dienone is 1. The largest absolute Gasteiger partial charge is 0.463 e. The first-order valence-corrected chi connectivity index (χ1v) is 11.7. The molecule has 0 radical (unpaired) electrons. The van der Waals surface area contributed by atoms with Crippen molar-refractivity contribution in [3.63, 3.8) is 0 Å². The number of non-ortho nitro benzene ring substituents is 1. The van der Waals surface area contributed by atoms with Gasteiger partial charge in [0.25, 0.3) is 11.2 Å². The van der Waals surface area contributed by atoms with Gasteiger partial charge in [0, 0.05) is 19.1 Å². The van der Waals surface area contributed by atoms with Crippen LogP contribution in [0.15, 0.2) is 69.6 Å². The lowest BCUT2D eigenvalue weighted by Gasteiger charge is -2.24. The van der Waals surface area contributed by atoms with E-state index < -0.39 is 28.5 Å². The van der Waals surface area contributed by atoms with Crippen LogP contribution in [-0.2, 0) is 14.3 Å². The molecule has 36 heavy (non-hydrogen) atoms. The van der Waals surface area contributed by atoms with Crippen molar-refractivity contribution < 1.29 is 24.0 Å². The zero-order valence-electron chi connectivity index (χ0n) is 19.6. The normalized spacial score (nSPS) is 15.2. The third-order valence-corrected chi connectivity index (χ3v) is 6.31. The lowest BCUT2D eigenvalue weighted by molar-refractivity contribution is -0.384. The van der Waals surface area contributed by atoms with Crippen LogP contribution in [0.4, 0.5) is 5.69 Å². The number of nitro benzene ring substituents is 1. The highest BCUT2D eigenvalue weighted by Crippen LogP contribution is 2.32. The summed E-state index contributed by atoms with van der Waals surface area (Å²) < 4.78 is 12.0. The van der Waals surface area contributed by atoms with Crippen LogP contribution in [0.1, 0.15) is 37.9 Å². The molecular weight excluding hydrogens is 486 g/mol. The standard InChI is InChI=1S/C25H21N3O7S/c1-4-34-24(31)21-14(2)26-25-27(22(21)17-8-6-9-18(13-17)28(32)33)23(30)20(36-25)12-16-7-5-10-19(11-16)35-15(3)29/h5-13,22H,4H2,1-3H3/b20-12-/t22-/m0/s1. The Morgan fingerprint density at radius 3 is 2.67 bits per heavy atom. The first-order chi connectivity index (χ1) is 17.2. The number of esters is 2. The van der Waals surface area contributed by atoms with E-state index in [-0.39, 0.29) is 17.9 Å². The fraction of sp³-hybridized carbons (Fsp3) is 0.200. The Balaban J connectivity index is 1.93. The molecule has 0 aliphatic carbocycles. The van der Waals surface area contributed by atoms with Gasteiger partial charge in [-0.25, -0.2) is 9.79 Å². The molecule has 1 atom stereocenters. The zero-order chi connectivity index (χ0) is 26.0. The Morgan fingerprint density at radius 1 is 1.22 bits per heavy atom. The molecule has 0 fully saturated rings. The second kappa shape index (κ2) is 10.1. The average Bonchev–Trinajstić information content (AvgIpc) is 3.12. The summed E-state index contributed by atoms with van der Waals surface area (Å²) in [7, 11) is 0. The second-order valence-electron chi connectivity index (χ2n) is 7.82. The van der Waals surface area contributed by atoms with E-state index >= 15 is 0 Å². The minimum absolute atomic E-state index is 0.111. The van der Waals surface area contributed by atoms with E-state index in [1.54, 1.807) is 50.3 Å². The van der Waals surface area contributed by atoms with E-state index in [9.17, 15) is 24.5 Å². The van der Waals surface area contributed by atoms with Crippen LogP contribution in [0, 0.1) is 10.1 Å². The number of carbonyl (C=O) groups excluding carboxylic acids is 2. The number of fused-ring (bicyclic) bond motifs is 1. The molecule has 11 heteroatoms. The Kier molecular flexibility index (Phi) is 6.93. The van der Waals surface area contributed by atoms with Gasteiger partial charge in [0.15, 0.2) is 4.80 Å². The van der Waals surface area contributed by atoms with Crippen LogP contribution in [0.5, 0.6) is 5.75 Å². The van der Waals surface area contributed by atoms with Crippen LogP contribution < -0.4 is 19.6 Å². The molecular formula is C25H21N3O7S. The lowest BCUT2D eigenvalue weighted by Crippen LogP contribution is -2.40. The third-order valence-electron chi connectivity index (χ3n) is 5.33. The molecule has 0 saturated carbocycles. The highest BCUT2D eigenvalue weighted by atomic mass is 32.1. The van der Waals surface area contributed by atoms with Crippen molar-refractivity contribution in [3.8, 4) is 5.75 Å². The number of ether oxygens (including phenoxy) is 2. The summed E-state index contributed by atoms with van der Waals surface area (Å²) in [6, 6.07) is 11.5. The number of hydrogen-bond acceptors (Lipinski definition) is 9. The van der Waals surface area contributed by atoms with Crippen LogP contribution in [0.25, 0.3) is 6.08 Å². The van der Waals surface area contributed by atoms with Gasteiger partial charge in [0.05, 0.1) is 33.4 Å². The molecule has 2 aromatic carbocycles. The van der Waals surface area contributed by atoms with E-state index in [1.165, 1.54) is 29.7 Å². The Morgan fingerprint density at radius 2 is 1.97 bits per heavy atom. The summed E-state index contributed by atoms with van der Waals surface area (Å²) >= 11 is 1.12. The van der Waals surface area contributed by atoms with Gasteiger partial charge in [-0.15, -0.1) is 0 Å². The SMILES string of the molecule is CCOC(=O)C1=C(C)N=c2s/c(=C\c3cccc(OC(C)=O)c3)c(=O)n2[C@H]1c1cccc([N+](=O)[O-])c1. The molecule has 184 valence electrons. The van der Waals surface area contributed by atoms with Crippen LogP contribution in [0.3, 0.4) is 0 Å². The molecule has 4 rings (SSSR count). The highest BCUT2D eigenvalue weighted by Gasteiger charge is 2.34. The molecule has 1 aliphatic heterocycles. The molecule has 0 amide bonds. The van der Waals surface area contributed by atoms with Gasteiger partial charge in [-0.2, -0.15) is 0 Å². The fourth-order valence-corrected chi connectivity index (χ4v) is 4.95. The van der Waals surface area contributed by atoms with Crippen LogP contribution in [-0.4, -0.2) is 28.0 Å². The van der Waals surface area contributed by atoms with Crippen molar-refractivity contribution in [2.75, 3.05) is 6.61 Å². The van der Waals surface area contributed by atoms with Gasteiger partial charge < -0.3 is 9.47 Å². The molecule has 10 nitrogen and oxygen atoms in total. The van der Waals surface area contributed by atoms with Crippen LogP contribution >= 0.6 is 11.3 Å². The minimum Gasteiger partial charge on any atom is -0.463 e. The number of hydrogen-bond donors (Lipinski definition) is 0. The molecule has 0 saturated heterocycles. The monoisotopic (exact) mass is 507 g/mol. The number of nitro groups is 1. The molecule has 0 bridgehead atoms. The predicted octanol–water partition coefficient (Wildman–Crippen LogP) is 2.63. The van der Waals surface area contributed by atoms with Gasteiger partial charge in [-0.3, -0.25) is 24.3 Å². The Hall–Kier alpha value is -4.38. The summed E-state index contributed by atoms with van der Waals surface area (Å²) in [5.41, 5.74) is 0.887. The Bertz CT molecular complexity index is 1600. The summed E-state index contributed by atoms with van der Waals surface area (Å²) in [4.78, 5) is 53.5. The average molecular weight is 508 g/mol. The van der Waals surface area contributed by atoms with Gasteiger partial charge in [0.1, 0.15) is 5.75 Å². The number of benzene rings is 2. The number of thiazole rings is 1. The maximum absolute atomic E-state index is 13.6. The van der Waals surface area contributed by atoms with Gasteiger partial charge in [0.2, 0.25) is 0 Å². The number of carbonyl (C=O) groups is 2. The van der Waals surface area contributed by atoms with E-state index in [4.69, 9.17) is 9.47 Å². The first-order valence-electron chi connectivity index (χ1n) is 10.9. The Labute approximate surface area is 208 Å². The smallest absolute Gasteiger partial charge is 0.338 e. The number of nitrogens with zero attached hydrogens (tertiary/aromatic N) is 3. The molecule has 0 unspecified atom stereocenters. The summed E-state index contributed by atoms with van der Waals surface area (Å²) in [5.74, 6) is -0.789. The van der Waals surface area contributed by atoms with Crippen molar-refractivity contribution in [1.82, 2.24) is 4.57 Å². The van der Waals surface area contributed by atoms with E-state index in [2.05, 4.69) is 4.99 Å². The van der Waals surface area contributed by atoms with Crippen molar-refractivity contribution >= 4 is 35.0 Å². The lowest BCUT2D eigenvalue weighted by atomic mass is 9.95. The summed E-state index contributed by atoms with van der Waals surface area (Å²) in [6.07, 6.45) is 1.63. The fourth-order valence-electron chi connectivity index (χ4n) is 3.90. The molecule has 0 N–H and O–H groups in total. The number of rotatable bonds is 6. The van der Waals surface area contributed by atoms with Crippen LogP contribution in [0.2, 0.25) is 0 Å². The van der Waals surface area contributed by atoms with Gasteiger partial charge in [-0.1, -0.05) is 35.6 Å². The summed E-state index contributed by atoms with van der Waals surface area (Å²) in [6.45, 7) is 4.70. The molecule has 1 aromatic heterocycles. The third kappa shape index (κ3) is 4.86. The van der Waals surface area contributed by atoms with E-state index in [0.717, 1.165) is 11.3 Å². The summed E-state index contributed by atoms with van der Waals surface area (Å²) in [5, 5.41) is 11.4. The minimum atomic E-state index is -0.963. The predicted molar refractivity (Wildman–Crippen MR) is 131 cm³/mol. The topological polar surface area (TPSA) is 130 Å². The van der Waals surface area contributed by atoms with E-state index in [1.807, 2.05) is 0 Å². The number of aromatic nitrogens is 1. The van der Waals surface area contributed by atoms with Gasteiger partial charge >= 0.3 is 11.9 Å². The van der Waals surface area contributed by atoms with Crippen molar-refractivity contribution in [1.29, 1.82) is 0 Å². The maximum atomic E-state index is 13.6. The molecule has 2 heterocycles. The molecule has 3 aromatic rings. The van der Waals surface area contributed by atoms with E-state index in [0.29, 0.717) is 31.9 Å². The maximum Gasteiger partial charge on any atom is 0.338 e.